The Morgan fingerprint density at radius 2 is 1.80 bits per heavy atom. The highest BCUT2D eigenvalue weighted by Gasteiger charge is 2.21. The molecular weight excluding hydrogens is 316 g/mol. The van der Waals surface area contributed by atoms with Crippen LogP contribution in [0.5, 0.6) is 0 Å². The number of hydrogen-bond donors (Lipinski definition) is 1. The van der Waals surface area contributed by atoms with Crippen LogP contribution in [0.15, 0.2) is 54.6 Å². The van der Waals surface area contributed by atoms with E-state index in [0.717, 1.165) is 16.7 Å². The molecule has 2 aromatic carbocycles. The lowest BCUT2D eigenvalue weighted by atomic mass is 9.97. The molecule has 2 N–H and O–H groups in total. The highest BCUT2D eigenvalue weighted by molar-refractivity contribution is 6.01. The Balaban J connectivity index is 1.94. The molecule has 0 aliphatic carbocycles. The molecule has 1 heterocycles. The number of carbonyl (C=O) groups excluding carboxylic acids is 2. The van der Waals surface area contributed by atoms with Crippen LogP contribution in [0, 0.1) is 0 Å². The van der Waals surface area contributed by atoms with Crippen molar-refractivity contribution >= 4 is 17.9 Å². The molecule has 0 atom stereocenters. The van der Waals surface area contributed by atoms with Crippen molar-refractivity contribution < 1.29 is 14.3 Å². The Hall–Kier alpha value is -2.92. The smallest absolute Gasteiger partial charge is 0.254 e. The summed E-state index contributed by atoms with van der Waals surface area (Å²) in [6.07, 6.45) is 2.99. The summed E-state index contributed by atoms with van der Waals surface area (Å²) in [5.74, 6) is -0.481. The molecule has 0 radical (unpaired) electrons. The molecule has 2 amide bonds. The van der Waals surface area contributed by atoms with Gasteiger partial charge in [0.25, 0.3) is 5.91 Å². The Morgan fingerprint density at radius 1 is 1.04 bits per heavy atom. The van der Waals surface area contributed by atoms with Crippen molar-refractivity contribution in [3.63, 3.8) is 0 Å². The molecule has 0 spiro atoms. The van der Waals surface area contributed by atoms with E-state index in [1.54, 1.807) is 6.08 Å². The topological polar surface area (TPSA) is 72.6 Å². The van der Waals surface area contributed by atoms with Crippen molar-refractivity contribution in [1.29, 1.82) is 0 Å². The van der Waals surface area contributed by atoms with Crippen LogP contribution < -0.4 is 5.73 Å². The maximum absolute atomic E-state index is 12.9. The predicted molar refractivity (Wildman–Crippen MR) is 96.8 cm³/mol. The molecular formula is C20H20N2O3. The molecule has 128 valence electrons. The fourth-order valence-corrected chi connectivity index (χ4v) is 2.85. The van der Waals surface area contributed by atoms with Crippen molar-refractivity contribution in [3.8, 4) is 11.1 Å². The van der Waals surface area contributed by atoms with Gasteiger partial charge in [0.15, 0.2) is 0 Å². The number of nitrogens with two attached hydrogens (primary N) is 1. The summed E-state index contributed by atoms with van der Waals surface area (Å²) >= 11 is 0. The summed E-state index contributed by atoms with van der Waals surface area (Å²) in [4.78, 5) is 25.6. The van der Waals surface area contributed by atoms with Crippen molar-refractivity contribution in [2.45, 2.75) is 0 Å². The van der Waals surface area contributed by atoms with Gasteiger partial charge in [-0.25, -0.2) is 0 Å². The van der Waals surface area contributed by atoms with E-state index in [0.29, 0.717) is 31.9 Å². The van der Waals surface area contributed by atoms with Gasteiger partial charge >= 0.3 is 0 Å². The average molecular weight is 336 g/mol. The van der Waals surface area contributed by atoms with Crippen LogP contribution in [0.1, 0.15) is 15.9 Å². The molecule has 25 heavy (non-hydrogen) atoms. The van der Waals surface area contributed by atoms with E-state index in [2.05, 4.69) is 0 Å². The molecule has 1 aliphatic heterocycles. The Morgan fingerprint density at radius 3 is 2.56 bits per heavy atom. The first kappa shape index (κ1) is 16.9. The van der Waals surface area contributed by atoms with Crippen molar-refractivity contribution in [1.82, 2.24) is 4.90 Å². The van der Waals surface area contributed by atoms with E-state index >= 15 is 0 Å². The first-order valence-corrected chi connectivity index (χ1v) is 8.19. The zero-order valence-corrected chi connectivity index (χ0v) is 13.9. The molecule has 1 saturated heterocycles. The number of benzene rings is 2. The van der Waals surface area contributed by atoms with E-state index in [9.17, 15) is 9.59 Å². The highest BCUT2D eigenvalue weighted by Crippen LogP contribution is 2.26. The second kappa shape index (κ2) is 7.77. The second-order valence-electron chi connectivity index (χ2n) is 5.81. The van der Waals surface area contributed by atoms with Gasteiger partial charge in [-0.05, 0) is 34.9 Å². The summed E-state index contributed by atoms with van der Waals surface area (Å²) in [7, 11) is 0. The number of nitrogens with zero attached hydrogens (tertiary/aromatic N) is 1. The first-order chi connectivity index (χ1) is 12.1. The van der Waals surface area contributed by atoms with Crippen LogP contribution in [-0.2, 0) is 9.53 Å². The predicted octanol–water partition coefficient (Wildman–Crippen LogP) is 2.32. The minimum absolute atomic E-state index is 0.0111. The second-order valence-corrected chi connectivity index (χ2v) is 5.81. The van der Waals surface area contributed by atoms with Gasteiger partial charge in [-0.1, -0.05) is 36.4 Å². The zero-order valence-electron chi connectivity index (χ0n) is 13.9. The molecule has 2 aromatic rings. The van der Waals surface area contributed by atoms with Crippen molar-refractivity contribution in [3.05, 3.63) is 65.7 Å². The van der Waals surface area contributed by atoms with Gasteiger partial charge < -0.3 is 15.4 Å². The normalized spacial score (nSPS) is 14.6. The third-order valence-corrected chi connectivity index (χ3v) is 4.09. The molecule has 0 saturated carbocycles. The van der Waals surface area contributed by atoms with E-state index in [1.807, 2.05) is 53.4 Å². The molecule has 0 aromatic heterocycles. The molecule has 3 rings (SSSR count). The van der Waals surface area contributed by atoms with Crippen molar-refractivity contribution in [2.24, 2.45) is 5.73 Å². The molecule has 0 bridgehead atoms. The van der Waals surface area contributed by atoms with E-state index < -0.39 is 5.91 Å². The lowest BCUT2D eigenvalue weighted by Crippen LogP contribution is -2.40. The number of ether oxygens (including phenoxy) is 1. The monoisotopic (exact) mass is 336 g/mol. The fraction of sp³-hybridized carbons (Fsp3) is 0.200. The van der Waals surface area contributed by atoms with Crippen LogP contribution in [0.2, 0.25) is 0 Å². The number of morpholine rings is 1. The lowest BCUT2D eigenvalue weighted by Gasteiger charge is -2.27. The van der Waals surface area contributed by atoms with Crippen LogP contribution >= 0.6 is 0 Å². The first-order valence-electron chi connectivity index (χ1n) is 8.19. The van der Waals surface area contributed by atoms with Gasteiger partial charge in [0, 0.05) is 24.7 Å². The van der Waals surface area contributed by atoms with Gasteiger partial charge in [-0.2, -0.15) is 0 Å². The number of rotatable bonds is 4. The summed E-state index contributed by atoms with van der Waals surface area (Å²) in [5, 5.41) is 0. The number of amides is 2. The minimum atomic E-state index is -0.492. The van der Waals surface area contributed by atoms with Gasteiger partial charge in [0.05, 0.1) is 13.2 Å². The van der Waals surface area contributed by atoms with Gasteiger partial charge in [0.2, 0.25) is 5.91 Å². The molecule has 1 fully saturated rings. The minimum Gasteiger partial charge on any atom is -0.378 e. The lowest BCUT2D eigenvalue weighted by molar-refractivity contribution is -0.113. The Bertz CT molecular complexity index is 808. The third-order valence-electron chi connectivity index (χ3n) is 4.09. The van der Waals surface area contributed by atoms with Gasteiger partial charge in [-0.3, -0.25) is 9.59 Å². The molecule has 5 heteroatoms. The zero-order chi connectivity index (χ0) is 17.6. The van der Waals surface area contributed by atoms with Crippen molar-refractivity contribution in [2.75, 3.05) is 26.3 Å². The van der Waals surface area contributed by atoms with Crippen LogP contribution in [0.4, 0.5) is 0 Å². The number of primary amides is 1. The summed E-state index contributed by atoms with van der Waals surface area (Å²) in [6, 6.07) is 15.2. The van der Waals surface area contributed by atoms with Crippen LogP contribution in [0.25, 0.3) is 17.2 Å². The van der Waals surface area contributed by atoms with Gasteiger partial charge in [0.1, 0.15) is 0 Å². The number of carbonyl (C=O) groups is 2. The third kappa shape index (κ3) is 4.14. The standard InChI is InChI=1S/C20H20N2O3/c21-19(23)9-8-15-4-3-5-16(14-15)17-6-1-2-7-18(17)20(24)22-10-12-25-13-11-22/h1-9,14H,10-13H2,(H2,21,23). The maximum Gasteiger partial charge on any atom is 0.254 e. The fourth-order valence-electron chi connectivity index (χ4n) is 2.85. The van der Waals surface area contributed by atoms with Crippen LogP contribution in [0.3, 0.4) is 0 Å². The Kier molecular flexibility index (Phi) is 5.26. The van der Waals surface area contributed by atoms with E-state index in [-0.39, 0.29) is 5.91 Å². The number of hydrogen-bond acceptors (Lipinski definition) is 3. The summed E-state index contributed by atoms with van der Waals surface area (Å²) in [5.41, 5.74) is 8.46. The molecule has 5 nitrogen and oxygen atoms in total. The SMILES string of the molecule is NC(=O)C=Cc1cccc(-c2ccccc2C(=O)N2CCOCC2)c1. The highest BCUT2D eigenvalue weighted by atomic mass is 16.5. The molecule has 0 unspecified atom stereocenters. The summed E-state index contributed by atoms with van der Waals surface area (Å²) in [6.45, 7) is 2.35. The van der Waals surface area contributed by atoms with E-state index in [1.165, 1.54) is 6.08 Å². The summed E-state index contributed by atoms with van der Waals surface area (Å²) < 4.78 is 5.32. The van der Waals surface area contributed by atoms with Crippen LogP contribution in [-0.4, -0.2) is 43.0 Å². The molecule has 1 aliphatic rings. The largest absolute Gasteiger partial charge is 0.378 e. The maximum atomic E-state index is 12.9. The van der Waals surface area contributed by atoms with Gasteiger partial charge in [-0.15, -0.1) is 0 Å². The Labute approximate surface area is 146 Å². The van der Waals surface area contributed by atoms with E-state index in [4.69, 9.17) is 10.5 Å². The average Bonchev–Trinajstić information content (AvgIpc) is 2.67. The quantitative estimate of drug-likeness (QED) is 0.871.